The molecule has 196 valence electrons. The maximum Gasteiger partial charge on any atom is 0.228 e. The summed E-state index contributed by atoms with van der Waals surface area (Å²) in [6.07, 6.45) is 1.76. The highest BCUT2D eigenvalue weighted by Gasteiger charge is 2.20. The molecule has 0 fully saturated rings. The van der Waals surface area contributed by atoms with E-state index in [-0.39, 0.29) is 0 Å². The van der Waals surface area contributed by atoms with Crippen LogP contribution in [0.2, 0.25) is 0 Å². The Balaban J connectivity index is 1.36. The smallest absolute Gasteiger partial charge is 0.228 e. The van der Waals surface area contributed by atoms with E-state index >= 15 is 0 Å². The van der Waals surface area contributed by atoms with Gasteiger partial charge < -0.3 is 4.42 Å². The summed E-state index contributed by atoms with van der Waals surface area (Å²) in [5, 5.41) is 6.51. The average molecular weight is 557 g/mol. The summed E-state index contributed by atoms with van der Waals surface area (Å²) in [4.78, 5) is 19.8. The van der Waals surface area contributed by atoms with Gasteiger partial charge in [0.15, 0.2) is 17.5 Å². The zero-order valence-electron chi connectivity index (χ0n) is 22.2. The van der Waals surface area contributed by atoms with Crippen LogP contribution in [-0.4, -0.2) is 19.9 Å². The Bertz CT molecular complexity index is 2480. The molecule has 4 heterocycles. The van der Waals surface area contributed by atoms with Gasteiger partial charge in [-0.25, -0.2) is 19.9 Å². The van der Waals surface area contributed by atoms with Crippen molar-refractivity contribution in [3.63, 3.8) is 0 Å². The number of furan rings is 1. The van der Waals surface area contributed by atoms with Crippen LogP contribution in [0.5, 0.6) is 0 Å². The molecule has 0 saturated carbocycles. The Hall–Kier alpha value is -5.46. The van der Waals surface area contributed by atoms with E-state index in [9.17, 15) is 0 Å². The van der Waals surface area contributed by atoms with Gasteiger partial charge in [0, 0.05) is 48.4 Å². The molecular weight excluding hydrogens is 536 g/mol. The molecule has 0 unspecified atom stereocenters. The molecule has 0 bridgehead atoms. The molecule has 42 heavy (non-hydrogen) atoms. The second-order valence-electron chi connectivity index (χ2n) is 10.3. The van der Waals surface area contributed by atoms with Gasteiger partial charge in [-0.05, 0) is 41.1 Å². The van der Waals surface area contributed by atoms with Crippen LogP contribution in [0.25, 0.3) is 87.2 Å². The number of benzene rings is 5. The molecular formula is C36H20N4OS. The minimum absolute atomic E-state index is 0.562. The third-order valence-electron chi connectivity index (χ3n) is 7.79. The first-order valence-corrected chi connectivity index (χ1v) is 14.5. The summed E-state index contributed by atoms with van der Waals surface area (Å²) in [7, 11) is 0. The molecule has 0 radical (unpaired) electrons. The van der Waals surface area contributed by atoms with E-state index < -0.39 is 0 Å². The monoisotopic (exact) mass is 556 g/mol. The number of hydrogen-bond donors (Lipinski definition) is 0. The molecule has 0 atom stereocenters. The fourth-order valence-corrected chi connectivity index (χ4v) is 7.00. The molecule has 4 aromatic heterocycles. The van der Waals surface area contributed by atoms with Crippen molar-refractivity contribution in [3.8, 4) is 34.2 Å². The van der Waals surface area contributed by atoms with Crippen LogP contribution in [0, 0.1) is 0 Å². The van der Waals surface area contributed by atoms with Gasteiger partial charge in [-0.3, -0.25) is 0 Å². The van der Waals surface area contributed by atoms with Gasteiger partial charge in [0.2, 0.25) is 5.71 Å². The van der Waals surface area contributed by atoms with Crippen molar-refractivity contribution in [1.82, 2.24) is 19.9 Å². The SMILES string of the molecule is c1ccc(-c2nc(-c3ccnc4oc5cc6ccccc6cc5c34)nc(-c3cccc4sc5ccccc5c34)n2)cc1. The van der Waals surface area contributed by atoms with Gasteiger partial charge in [-0.1, -0.05) is 84.9 Å². The van der Waals surface area contributed by atoms with E-state index in [0.717, 1.165) is 49.2 Å². The summed E-state index contributed by atoms with van der Waals surface area (Å²) in [5.74, 6) is 1.84. The Morgan fingerprint density at radius 3 is 2.07 bits per heavy atom. The maximum atomic E-state index is 6.27. The highest BCUT2D eigenvalue weighted by molar-refractivity contribution is 7.25. The lowest BCUT2D eigenvalue weighted by molar-refractivity contribution is 0.654. The van der Waals surface area contributed by atoms with Crippen molar-refractivity contribution in [2.24, 2.45) is 0 Å². The molecule has 0 saturated heterocycles. The zero-order valence-corrected chi connectivity index (χ0v) is 23.0. The quantitative estimate of drug-likeness (QED) is 0.217. The Labute approximate surface area is 243 Å². The highest BCUT2D eigenvalue weighted by atomic mass is 32.1. The molecule has 5 nitrogen and oxygen atoms in total. The number of fused-ring (bicyclic) bond motifs is 7. The van der Waals surface area contributed by atoms with Gasteiger partial charge in [-0.15, -0.1) is 11.3 Å². The largest absolute Gasteiger partial charge is 0.438 e. The molecule has 0 aliphatic rings. The van der Waals surface area contributed by atoms with E-state index in [1.165, 1.54) is 14.8 Å². The van der Waals surface area contributed by atoms with E-state index in [1.54, 1.807) is 17.5 Å². The maximum absolute atomic E-state index is 6.27. The van der Waals surface area contributed by atoms with Gasteiger partial charge >= 0.3 is 0 Å². The summed E-state index contributed by atoms with van der Waals surface area (Å²) in [6.45, 7) is 0. The van der Waals surface area contributed by atoms with E-state index in [0.29, 0.717) is 23.2 Å². The normalized spacial score (nSPS) is 11.8. The van der Waals surface area contributed by atoms with Crippen LogP contribution in [0.15, 0.2) is 126 Å². The second-order valence-corrected chi connectivity index (χ2v) is 11.4. The van der Waals surface area contributed by atoms with Crippen LogP contribution in [0.1, 0.15) is 0 Å². The third-order valence-corrected chi connectivity index (χ3v) is 8.93. The summed E-state index contributed by atoms with van der Waals surface area (Å²) >= 11 is 1.79. The number of aromatic nitrogens is 4. The molecule has 0 spiro atoms. The van der Waals surface area contributed by atoms with Crippen molar-refractivity contribution in [3.05, 3.63) is 121 Å². The topological polar surface area (TPSA) is 64.7 Å². The van der Waals surface area contributed by atoms with Gasteiger partial charge in [0.05, 0.1) is 5.39 Å². The van der Waals surface area contributed by atoms with Gasteiger partial charge in [0.1, 0.15) is 5.58 Å². The van der Waals surface area contributed by atoms with Crippen LogP contribution < -0.4 is 0 Å². The van der Waals surface area contributed by atoms with Crippen LogP contribution in [0.4, 0.5) is 0 Å². The average Bonchev–Trinajstić information content (AvgIpc) is 3.61. The molecule has 0 N–H and O–H groups in total. The minimum Gasteiger partial charge on any atom is -0.438 e. The van der Waals surface area contributed by atoms with E-state index in [4.69, 9.17) is 19.4 Å². The number of pyridine rings is 1. The van der Waals surface area contributed by atoms with Crippen LogP contribution in [0.3, 0.4) is 0 Å². The van der Waals surface area contributed by atoms with Crippen molar-refractivity contribution in [2.45, 2.75) is 0 Å². The number of nitrogens with zero attached hydrogens (tertiary/aromatic N) is 4. The lowest BCUT2D eigenvalue weighted by Gasteiger charge is -2.10. The van der Waals surface area contributed by atoms with Gasteiger partial charge in [0.25, 0.3) is 0 Å². The summed E-state index contributed by atoms with van der Waals surface area (Å²) in [5.41, 5.74) is 4.12. The predicted molar refractivity (Wildman–Crippen MR) is 172 cm³/mol. The highest BCUT2D eigenvalue weighted by Crippen LogP contribution is 2.41. The van der Waals surface area contributed by atoms with Crippen molar-refractivity contribution >= 4 is 64.4 Å². The molecule has 0 aliphatic heterocycles. The molecule has 0 amide bonds. The van der Waals surface area contributed by atoms with Crippen LogP contribution in [-0.2, 0) is 0 Å². The first-order chi connectivity index (χ1) is 20.8. The molecule has 9 aromatic rings. The predicted octanol–water partition coefficient (Wildman–Crippen LogP) is 9.69. The molecule has 5 aromatic carbocycles. The summed E-state index contributed by atoms with van der Waals surface area (Å²) in [6, 6.07) is 39.4. The Kier molecular flexibility index (Phi) is 5.00. The number of thiophene rings is 1. The van der Waals surface area contributed by atoms with Crippen molar-refractivity contribution in [1.29, 1.82) is 0 Å². The number of rotatable bonds is 3. The fraction of sp³-hybridized carbons (Fsp3) is 0. The molecule has 6 heteroatoms. The summed E-state index contributed by atoms with van der Waals surface area (Å²) < 4.78 is 8.71. The van der Waals surface area contributed by atoms with E-state index in [2.05, 4.69) is 77.8 Å². The van der Waals surface area contributed by atoms with Crippen LogP contribution >= 0.6 is 11.3 Å². The minimum atomic E-state index is 0.562. The lowest BCUT2D eigenvalue weighted by Crippen LogP contribution is -2.00. The zero-order chi connectivity index (χ0) is 27.6. The van der Waals surface area contributed by atoms with Gasteiger partial charge in [-0.2, -0.15) is 0 Å². The Morgan fingerprint density at radius 2 is 1.21 bits per heavy atom. The third kappa shape index (κ3) is 3.56. The lowest BCUT2D eigenvalue weighted by atomic mass is 10.0. The number of hydrogen-bond acceptors (Lipinski definition) is 6. The van der Waals surface area contributed by atoms with Crippen molar-refractivity contribution in [2.75, 3.05) is 0 Å². The first-order valence-electron chi connectivity index (χ1n) is 13.7. The standard InChI is InChI=1S/C36H20N4OS/c1-2-9-21(10-3-1)33-38-34(25-14-8-16-30-31(25)24-13-6-7-15-29(24)42-30)40-35(39-33)26-17-18-37-36-32(26)27-19-22-11-4-5-12-23(22)20-28(27)41-36/h1-20H. The van der Waals surface area contributed by atoms with E-state index in [1.807, 2.05) is 42.5 Å². The fourth-order valence-electron chi connectivity index (χ4n) is 5.86. The Morgan fingerprint density at radius 1 is 0.524 bits per heavy atom. The molecule has 9 rings (SSSR count). The molecule has 0 aliphatic carbocycles. The first kappa shape index (κ1) is 23.3. The van der Waals surface area contributed by atoms with Crippen molar-refractivity contribution < 1.29 is 4.42 Å². The second kappa shape index (κ2) is 9.03.